The Morgan fingerprint density at radius 1 is 1.33 bits per heavy atom. The zero-order chi connectivity index (χ0) is 11.6. The van der Waals surface area contributed by atoms with Crippen LogP contribution in [0.1, 0.15) is 15.9 Å². The zero-order valence-corrected chi connectivity index (χ0v) is 8.18. The Morgan fingerprint density at radius 2 is 1.93 bits per heavy atom. The molecule has 0 amide bonds. The molecule has 0 atom stereocenters. The van der Waals surface area contributed by atoms with E-state index in [-0.39, 0.29) is 11.1 Å². The molecule has 2 nitrogen and oxygen atoms in total. The van der Waals surface area contributed by atoms with Crippen LogP contribution in [-0.2, 0) is 0 Å². The molecule has 0 aliphatic heterocycles. The van der Waals surface area contributed by atoms with Crippen LogP contribution in [0.15, 0.2) is 18.2 Å². The summed E-state index contributed by atoms with van der Waals surface area (Å²) in [5.41, 5.74) is -0.0972. The fourth-order valence-corrected chi connectivity index (χ4v) is 1.17. The number of Topliss-reactive ketones (excluding diaryl/α,β-unsaturated/α-hetero) is 1. The Bertz CT molecular complexity index is 383. The molecule has 0 spiro atoms. The topological polar surface area (TPSA) is 26.3 Å². The normalized spacial score (nSPS) is 11.3. The minimum atomic E-state index is -4.83. The molecule has 82 valence electrons. The lowest BCUT2D eigenvalue weighted by molar-refractivity contribution is -0.0885. The maximum absolute atomic E-state index is 12.1. The molecule has 15 heavy (non-hydrogen) atoms. The van der Waals surface area contributed by atoms with Gasteiger partial charge in [-0.25, -0.2) is 0 Å². The number of benzene rings is 1. The first-order valence-corrected chi connectivity index (χ1v) is 4.12. The molecule has 0 radical (unpaired) electrons. The van der Waals surface area contributed by atoms with Crippen molar-refractivity contribution in [2.45, 2.75) is 13.1 Å². The van der Waals surface area contributed by atoms with Crippen LogP contribution in [0.3, 0.4) is 0 Å². The van der Waals surface area contributed by atoms with Crippen molar-refractivity contribution in [2.75, 3.05) is 7.11 Å². The van der Waals surface area contributed by atoms with E-state index < -0.39 is 12.0 Å². The van der Waals surface area contributed by atoms with Gasteiger partial charge in [0.1, 0.15) is 5.75 Å². The Hall–Kier alpha value is -1.52. The minimum Gasteiger partial charge on any atom is -0.497 e. The molecule has 0 N–H and O–H groups in total. The Morgan fingerprint density at radius 3 is 2.33 bits per heavy atom. The van der Waals surface area contributed by atoms with E-state index in [2.05, 4.69) is 0 Å². The summed E-state index contributed by atoms with van der Waals surface area (Å²) in [4.78, 5) is 10.9. The fourth-order valence-electron chi connectivity index (χ4n) is 1.17. The number of carbonyl (C=O) groups excluding carboxylic acids is 1. The number of rotatable bonds is 2. The van der Waals surface area contributed by atoms with Crippen LogP contribution in [0, 0.1) is 6.92 Å². The van der Waals surface area contributed by atoms with Crippen molar-refractivity contribution in [3.63, 3.8) is 0 Å². The molecule has 0 aromatic heterocycles. The second-order valence-corrected chi connectivity index (χ2v) is 3.01. The number of alkyl halides is 3. The molecular weight excluding hydrogens is 209 g/mol. The zero-order valence-electron chi connectivity index (χ0n) is 8.18. The quantitative estimate of drug-likeness (QED) is 0.713. The Balaban J connectivity index is 3.12. The van der Waals surface area contributed by atoms with E-state index in [1.54, 1.807) is 0 Å². The van der Waals surface area contributed by atoms with E-state index in [0.29, 0.717) is 5.75 Å². The van der Waals surface area contributed by atoms with Crippen LogP contribution >= 0.6 is 0 Å². The van der Waals surface area contributed by atoms with Crippen molar-refractivity contribution in [2.24, 2.45) is 0 Å². The molecule has 5 heteroatoms. The first-order valence-electron chi connectivity index (χ1n) is 4.12. The summed E-state index contributed by atoms with van der Waals surface area (Å²) in [6, 6.07) is 3.83. The second-order valence-electron chi connectivity index (χ2n) is 3.01. The number of halogens is 3. The van der Waals surface area contributed by atoms with Gasteiger partial charge in [-0.05, 0) is 30.7 Å². The van der Waals surface area contributed by atoms with Crippen LogP contribution in [0.5, 0.6) is 5.75 Å². The summed E-state index contributed by atoms with van der Waals surface area (Å²) in [6.07, 6.45) is -4.83. The van der Waals surface area contributed by atoms with E-state index in [0.717, 1.165) is 6.07 Å². The van der Waals surface area contributed by atoms with Gasteiger partial charge in [0.05, 0.1) is 7.11 Å². The maximum atomic E-state index is 12.1. The SMILES string of the molecule is COc1ccc(C(=O)C(F)(F)F)c(C)c1. The molecule has 1 rings (SSSR count). The highest BCUT2D eigenvalue weighted by Crippen LogP contribution is 2.25. The molecule has 0 saturated carbocycles. The molecule has 0 fully saturated rings. The van der Waals surface area contributed by atoms with Crippen molar-refractivity contribution in [1.29, 1.82) is 0 Å². The van der Waals surface area contributed by atoms with Gasteiger partial charge in [0.15, 0.2) is 0 Å². The van der Waals surface area contributed by atoms with Crippen molar-refractivity contribution < 1.29 is 22.7 Å². The molecule has 0 heterocycles. The molecule has 0 unspecified atom stereocenters. The first-order chi connectivity index (χ1) is 6.86. The number of ketones is 1. The smallest absolute Gasteiger partial charge is 0.454 e. The van der Waals surface area contributed by atoms with Gasteiger partial charge < -0.3 is 4.74 Å². The van der Waals surface area contributed by atoms with Gasteiger partial charge in [-0.2, -0.15) is 13.2 Å². The van der Waals surface area contributed by atoms with Gasteiger partial charge in [0.2, 0.25) is 0 Å². The lowest BCUT2D eigenvalue weighted by Gasteiger charge is -2.09. The lowest BCUT2D eigenvalue weighted by Crippen LogP contribution is -2.23. The summed E-state index contributed by atoms with van der Waals surface area (Å²) in [5.74, 6) is -1.41. The maximum Gasteiger partial charge on any atom is 0.454 e. The highest BCUT2D eigenvalue weighted by molar-refractivity contribution is 6.01. The number of methoxy groups -OCH3 is 1. The van der Waals surface area contributed by atoms with E-state index in [1.165, 1.54) is 26.2 Å². The van der Waals surface area contributed by atoms with Crippen LogP contribution < -0.4 is 4.74 Å². The van der Waals surface area contributed by atoms with Crippen molar-refractivity contribution in [3.8, 4) is 5.75 Å². The number of aryl methyl sites for hydroxylation is 1. The predicted octanol–water partition coefficient (Wildman–Crippen LogP) is 2.75. The number of ether oxygens (including phenoxy) is 1. The molecule has 0 aliphatic rings. The first kappa shape index (κ1) is 11.6. The van der Waals surface area contributed by atoms with Gasteiger partial charge in [0.25, 0.3) is 5.78 Å². The van der Waals surface area contributed by atoms with Gasteiger partial charge in [0, 0.05) is 5.56 Å². The molecule has 0 saturated heterocycles. The third kappa shape index (κ3) is 2.49. The van der Waals surface area contributed by atoms with Crippen molar-refractivity contribution in [3.05, 3.63) is 29.3 Å². The fraction of sp³-hybridized carbons (Fsp3) is 0.300. The third-order valence-corrected chi connectivity index (χ3v) is 1.94. The Kier molecular flexibility index (Phi) is 3.02. The van der Waals surface area contributed by atoms with Gasteiger partial charge in [-0.3, -0.25) is 4.79 Å². The Labute approximate surface area is 84.7 Å². The van der Waals surface area contributed by atoms with E-state index >= 15 is 0 Å². The average Bonchev–Trinajstić information content (AvgIpc) is 2.15. The van der Waals surface area contributed by atoms with E-state index in [4.69, 9.17) is 4.74 Å². The highest BCUT2D eigenvalue weighted by Gasteiger charge is 2.39. The highest BCUT2D eigenvalue weighted by atomic mass is 19.4. The summed E-state index contributed by atoms with van der Waals surface area (Å²) >= 11 is 0. The average molecular weight is 218 g/mol. The van der Waals surface area contributed by atoms with Crippen LogP contribution in [-0.4, -0.2) is 19.1 Å². The third-order valence-electron chi connectivity index (χ3n) is 1.94. The van der Waals surface area contributed by atoms with Gasteiger partial charge >= 0.3 is 6.18 Å². The summed E-state index contributed by atoms with van der Waals surface area (Å²) in [6.45, 7) is 1.43. The van der Waals surface area contributed by atoms with Crippen LogP contribution in [0.4, 0.5) is 13.2 Å². The van der Waals surface area contributed by atoms with Crippen molar-refractivity contribution in [1.82, 2.24) is 0 Å². The molecular formula is C10H9F3O2. The number of hydrogen-bond donors (Lipinski definition) is 0. The monoisotopic (exact) mass is 218 g/mol. The lowest BCUT2D eigenvalue weighted by atomic mass is 10.0. The van der Waals surface area contributed by atoms with Crippen LogP contribution in [0.2, 0.25) is 0 Å². The summed E-state index contributed by atoms with van der Waals surface area (Å²) < 4.78 is 41.2. The van der Waals surface area contributed by atoms with Crippen molar-refractivity contribution >= 4 is 5.78 Å². The van der Waals surface area contributed by atoms with Crippen LogP contribution in [0.25, 0.3) is 0 Å². The summed E-state index contributed by atoms with van der Waals surface area (Å²) in [5, 5.41) is 0. The summed E-state index contributed by atoms with van der Waals surface area (Å²) in [7, 11) is 1.40. The molecule has 0 bridgehead atoms. The molecule has 1 aromatic carbocycles. The standard InChI is InChI=1S/C10H9F3O2/c1-6-5-7(15-2)3-4-8(6)9(14)10(11,12)13/h3-5H,1-2H3. The minimum absolute atomic E-state index is 0.247. The second kappa shape index (κ2) is 3.92. The largest absolute Gasteiger partial charge is 0.497 e. The van der Waals surface area contributed by atoms with E-state index in [9.17, 15) is 18.0 Å². The molecule has 1 aromatic rings. The van der Waals surface area contributed by atoms with Gasteiger partial charge in [-0.1, -0.05) is 0 Å². The van der Waals surface area contributed by atoms with E-state index in [1.807, 2.05) is 0 Å². The number of carbonyl (C=O) groups is 1. The molecule has 0 aliphatic carbocycles. The predicted molar refractivity (Wildman–Crippen MR) is 48.1 cm³/mol. The van der Waals surface area contributed by atoms with Gasteiger partial charge in [-0.15, -0.1) is 0 Å². The number of hydrogen-bond acceptors (Lipinski definition) is 2.